The largest absolute Gasteiger partial charge is 0.349 e. The Bertz CT molecular complexity index is 937. The van der Waals surface area contributed by atoms with Crippen LogP contribution in [-0.4, -0.2) is 53.3 Å². The minimum Gasteiger partial charge on any atom is -0.349 e. The van der Waals surface area contributed by atoms with E-state index in [1.165, 1.54) is 5.56 Å². The van der Waals surface area contributed by atoms with Gasteiger partial charge < -0.3 is 15.1 Å². The normalized spacial score (nSPS) is 19.5. The smallest absolute Gasteiger partial charge is 0.253 e. The van der Waals surface area contributed by atoms with Crippen LogP contribution in [-0.2, 0) is 16.0 Å². The van der Waals surface area contributed by atoms with E-state index in [0.717, 1.165) is 12.1 Å². The van der Waals surface area contributed by atoms with Crippen LogP contribution in [0.25, 0.3) is 0 Å². The summed E-state index contributed by atoms with van der Waals surface area (Å²) in [7, 11) is 0. The summed E-state index contributed by atoms with van der Waals surface area (Å²) in [5, 5.41) is 3.03. The van der Waals surface area contributed by atoms with Gasteiger partial charge >= 0.3 is 0 Å². The predicted octanol–water partition coefficient (Wildman–Crippen LogP) is 2.42. The zero-order valence-corrected chi connectivity index (χ0v) is 17.8. The van der Waals surface area contributed by atoms with Gasteiger partial charge in [0.05, 0.1) is 11.5 Å². The number of nitrogens with one attached hydrogen (secondary N) is 1. The van der Waals surface area contributed by atoms with E-state index in [9.17, 15) is 14.4 Å². The highest BCUT2D eigenvalue weighted by molar-refractivity contribution is 6.00. The average molecular weight is 421 g/mol. The van der Waals surface area contributed by atoms with Crippen molar-refractivity contribution >= 4 is 23.4 Å². The number of likely N-dealkylation sites (tertiary alicyclic amines) is 1. The Hall–Kier alpha value is -3.22. The lowest BCUT2D eigenvalue weighted by Crippen LogP contribution is -2.48. The molecular formula is C24H28N4O3. The number of anilines is 1. The molecule has 7 heteroatoms. The van der Waals surface area contributed by atoms with Crippen LogP contribution < -0.4 is 10.2 Å². The third-order valence-electron chi connectivity index (χ3n) is 6.20. The molecule has 2 fully saturated rings. The molecule has 3 heterocycles. The van der Waals surface area contributed by atoms with Gasteiger partial charge in [0, 0.05) is 50.2 Å². The van der Waals surface area contributed by atoms with E-state index >= 15 is 0 Å². The molecule has 3 amide bonds. The minimum absolute atomic E-state index is 0.00113. The molecule has 1 aromatic carbocycles. The number of aryl methyl sites for hydroxylation is 1. The van der Waals surface area contributed by atoms with Crippen LogP contribution in [0.1, 0.15) is 42.1 Å². The van der Waals surface area contributed by atoms with Gasteiger partial charge in [0.25, 0.3) is 5.91 Å². The minimum atomic E-state index is -0.306. The van der Waals surface area contributed by atoms with E-state index in [2.05, 4.69) is 17.2 Å². The standard InChI is InChI=1S/C24H28N4O3/c1-2-17-5-7-21(8-6-17)28-16-19(14-22(28)29)24(31)27-12-9-20(10-13-27)26-23(30)18-4-3-11-25-15-18/h3-8,11,15,19-20H,2,9-10,12-14,16H2,1H3,(H,26,30). The maximum atomic E-state index is 13.0. The molecule has 7 nitrogen and oxygen atoms in total. The zero-order chi connectivity index (χ0) is 21.8. The van der Waals surface area contributed by atoms with Crippen LogP contribution in [0.5, 0.6) is 0 Å². The van der Waals surface area contributed by atoms with Crippen molar-refractivity contribution in [3.63, 3.8) is 0 Å². The van der Waals surface area contributed by atoms with Gasteiger partial charge in [0.2, 0.25) is 11.8 Å². The van der Waals surface area contributed by atoms with Gasteiger partial charge in [0.1, 0.15) is 0 Å². The van der Waals surface area contributed by atoms with E-state index in [1.54, 1.807) is 29.4 Å². The summed E-state index contributed by atoms with van der Waals surface area (Å²) in [5.41, 5.74) is 2.62. The molecule has 1 unspecified atom stereocenters. The fraction of sp³-hybridized carbons (Fsp3) is 0.417. The first kappa shape index (κ1) is 21.0. The lowest BCUT2D eigenvalue weighted by Gasteiger charge is -2.33. The average Bonchev–Trinajstić information content (AvgIpc) is 3.21. The molecule has 0 bridgehead atoms. The molecule has 0 saturated carbocycles. The molecule has 0 radical (unpaired) electrons. The van der Waals surface area contributed by atoms with E-state index in [-0.39, 0.29) is 36.1 Å². The predicted molar refractivity (Wildman–Crippen MR) is 118 cm³/mol. The molecule has 1 atom stereocenters. The van der Waals surface area contributed by atoms with Gasteiger partial charge in [0.15, 0.2) is 0 Å². The molecule has 162 valence electrons. The molecule has 4 rings (SSSR count). The molecule has 0 aliphatic carbocycles. The SMILES string of the molecule is CCc1ccc(N2CC(C(=O)N3CCC(NC(=O)c4cccnc4)CC3)CC2=O)cc1. The zero-order valence-electron chi connectivity index (χ0n) is 17.8. The van der Waals surface area contributed by atoms with Gasteiger partial charge in [-0.2, -0.15) is 0 Å². The number of nitrogens with zero attached hydrogens (tertiary/aromatic N) is 3. The van der Waals surface area contributed by atoms with Gasteiger partial charge in [-0.3, -0.25) is 19.4 Å². The summed E-state index contributed by atoms with van der Waals surface area (Å²) < 4.78 is 0. The Morgan fingerprint density at radius 2 is 1.87 bits per heavy atom. The van der Waals surface area contributed by atoms with Crippen molar-refractivity contribution < 1.29 is 14.4 Å². The molecular weight excluding hydrogens is 392 g/mol. The number of hydrogen-bond acceptors (Lipinski definition) is 4. The van der Waals surface area contributed by atoms with Crippen LogP contribution >= 0.6 is 0 Å². The fourth-order valence-corrected chi connectivity index (χ4v) is 4.30. The highest BCUT2D eigenvalue weighted by atomic mass is 16.2. The second-order valence-corrected chi connectivity index (χ2v) is 8.24. The molecule has 2 saturated heterocycles. The number of piperidine rings is 1. The number of rotatable bonds is 5. The van der Waals surface area contributed by atoms with Crippen molar-refractivity contribution in [1.29, 1.82) is 0 Å². The molecule has 1 N–H and O–H groups in total. The van der Waals surface area contributed by atoms with E-state index in [0.29, 0.717) is 38.0 Å². The molecule has 2 aliphatic rings. The van der Waals surface area contributed by atoms with Crippen molar-refractivity contribution in [2.75, 3.05) is 24.5 Å². The Labute approximate surface area is 182 Å². The number of aromatic nitrogens is 1. The monoisotopic (exact) mass is 420 g/mol. The maximum Gasteiger partial charge on any atom is 0.253 e. The second-order valence-electron chi connectivity index (χ2n) is 8.24. The Balaban J connectivity index is 1.29. The first-order valence-corrected chi connectivity index (χ1v) is 10.9. The van der Waals surface area contributed by atoms with Crippen molar-refractivity contribution in [3.05, 3.63) is 59.9 Å². The third kappa shape index (κ3) is 4.76. The van der Waals surface area contributed by atoms with Crippen LogP contribution in [0.4, 0.5) is 5.69 Å². The highest BCUT2D eigenvalue weighted by Gasteiger charge is 2.38. The Morgan fingerprint density at radius 1 is 1.13 bits per heavy atom. The number of amides is 3. The summed E-state index contributed by atoms with van der Waals surface area (Å²) >= 11 is 0. The van der Waals surface area contributed by atoms with Crippen molar-refractivity contribution in [2.45, 2.75) is 38.6 Å². The summed E-state index contributed by atoms with van der Waals surface area (Å²) in [6, 6.07) is 11.5. The van der Waals surface area contributed by atoms with Crippen LogP contribution in [0.2, 0.25) is 0 Å². The van der Waals surface area contributed by atoms with Gasteiger partial charge in [-0.1, -0.05) is 19.1 Å². The van der Waals surface area contributed by atoms with Crippen molar-refractivity contribution in [1.82, 2.24) is 15.2 Å². The van der Waals surface area contributed by atoms with Crippen LogP contribution in [0.3, 0.4) is 0 Å². The van der Waals surface area contributed by atoms with Crippen molar-refractivity contribution in [3.8, 4) is 0 Å². The molecule has 31 heavy (non-hydrogen) atoms. The first-order chi connectivity index (χ1) is 15.0. The number of carbonyl (C=O) groups excluding carboxylic acids is 3. The summed E-state index contributed by atoms with van der Waals surface area (Å²) in [4.78, 5) is 45.4. The van der Waals surface area contributed by atoms with Gasteiger partial charge in [-0.15, -0.1) is 0 Å². The third-order valence-corrected chi connectivity index (χ3v) is 6.20. The number of benzene rings is 1. The van der Waals surface area contributed by atoms with E-state index < -0.39 is 0 Å². The quantitative estimate of drug-likeness (QED) is 0.805. The van der Waals surface area contributed by atoms with E-state index in [4.69, 9.17) is 0 Å². The first-order valence-electron chi connectivity index (χ1n) is 10.9. The molecule has 2 aliphatic heterocycles. The van der Waals surface area contributed by atoms with E-state index in [1.807, 2.05) is 29.2 Å². The Morgan fingerprint density at radius 3 is 2.52 bits per heavy atom. The molecule has 1 aromatic heterocycles. The lowest BCUT2D eigenvalue weighted by molar-refractivity contribution is -0.136. The summed E-state index contributed by atoms with van der Waals surface area (Å²) in [5.74, 6) is -0.400. The molecule has 0 spiro atoms. The number of carbonyl (C=O) groups is 3. The van der Waals surface area contributed by atoms with Gasteiger partial charge in [-0.05, 0) is 49.1 Å². The fourth-order valence-electron chi connectivity index (χ4n) is 4.30. The van der Waals surface area contributed by atoms with Crippen LogP contribution in [0, 0.1) is 5.92 Å². The van der Waals surface area contributed by atoms with Crippen LogP contribution in [0.15, 0.2) is 48.8 Å². The second kappa shape index (κ2) is 9.29. The Kier molecular flexibility index (Phi) is 6.30. The van der Waals surface area contributed by atoms with Crippen molar-refractivity contribution in [2.24, 2.45) is 5.92 Å². The molecule has 2 aromatic rings. The summed E-state index contributed by atoms with van der Waals surface area (Å²) in [6.07, 6.45) is 5.81. The summed E-state index contributed by atoms with van der Waals surface area (Å²) in [6.45, 7) is 3.71. The lowest BCUT2D eigenvalue weighted by atomic mass is 10.0. The van der Waals surface area contributed by atoms with Gasteiger partial charge in [-0.25, -0.2) is 0 Å². The maximum absolute atomic E-state index is 13.0. The highest BCUT2D eigenvalue weighted by Crippen LogP contribution is 2.27. The number of hydrogen-bond donors (Lipinski definition) is 1. The topological polar surface area (TPSA) is 82.6 Å². The number of pyridine rings is 1.